The van der Waals surface area contributed by atoms with E-state index < -0.39 is 0 Å². The molecule has 1 saturated heterocycles. The summed E-state index contributed by atoms with van der Waals surface area (Å²) in [6.07, 6.45) is 1.31. The van der Waals surface area contributed by atoms with E-state index in [2.05, 4.69) is 0 Å². The fraction of sp³-hybridized carbons (Fsp3) is 0.500. The summed E-state index contributed by atoms with van der Waals surface area (Å²) in [6.45, 7) is 1.15. The molecule has 6 heteroatoms. The van der Waals surface area contributed by atoms with Crippen LogP contribution < -0.4 is 0 Å². The monoisotopic (exact) mass is 287 g/mol. The van der Waals surface area contributed by atoms with Crippen molar-refractivity contribution in [1.82, 2.24) is 4.90 Å². The second-order valence-corrected chi connectivity index (χ2v) is 5.51. The zero-order chi connectivity index (χ0) is 13.1. The normalized spacial score (nSPS) is 16.7. The van der Waals surface area contributed by atoms with Gasteiger partial charge in [-0.05, 0) is 24.3 Å². The van der Waals surface area contributed by atoms with Crippen molar-refractivity contribution in [2.24, 2.45) is 5.92 Å². The van der Waals surface area contributed by atoms with Crippen LogP contribution in [0.1, 0.15) is 22.5 Å². The zero-order valence-corrected chi connectivity index (χ0v) is 11.6. The number of nitrogens with zero attached hydrogens (tertiary/aromatic N) is 1. The summed E-state index contributed by atoms with van der Waals surface area (Å²) in [4.78, 5) is 25.9. The van der Waals surface area contributed by atoms with E-state index in [1.165, 1.54) is 18.4 Å². The van der Waals surface area contributed by atoms with Gasteiger partial charge in [-0.2, -0.15) is 0 Å². The molecule has 0 aromatic carbocycles. The smallest absolute Gasteiger partial charge is 0.308 e. The van der Waals surface area contributed by atoms with Crippen LogP contribution in [0.2, 0.25) is 5.02 Å². The van der Waals surface area contributed by atoms with Gasteiger partial charge in [0, 0.05) is 13.1 Å². The number of halogens is 1. The van der Waals surface area contributed by atoms with Gasteiger partial charge in [0.05, 0.1) is 18.1 Å². The molecule has 98 valence electrons. The fourth-order valence-electron chi connectivity index (χ4n) is 2.07. The Balaban J connectivity index is 1.96. The second-order valence-electron chi connectivity index (χ2n) is 4.19. The van der Waals surface area contributed by atoms with Crippen LogP contribution >= 0.6 is 22.9 Å². The summed E-state index contributed by atoms with van der Waals surface area (Å²) in [5, 5.41) is 2.30. The number of piperidine rings is 1. The van der Waals surface area contributed by atoms with Crippen molar-refractivity contribution in [3.63, 3.8) is 0 Å². The van der Waals surface area contributed by atoms with Crippen LogP contribution in [0.5, 0.6) is 0 Å². The SMILES string of the molecule is COC(=O)C1CCN(C(=O)c2sccc2Cl)CC1. The maximum Gasteiger partial charge on any atom is 0.308 e. The molecule has 1 amide bonds. The molecule has 0 spiro atoms. The molecule has 1 aromatic rings. The fourth-order valence-corrected chi connectivity index (χ4v) is 3.18. The molecule has 0 atom stereocenters. The van der Waals surface area contributed by atoms with E-state index in [9.17, 15) is 9.59 Å². The molecule has 1 aliphatic heterocycles. The lowest BCUT2D eigenvalue weighted by Gasteiger charge is -2.30. The Morgan fingerprint density at radius 2 is 2.11 bits per heavy atom. The molecule has 2 heterocycles. The van der Waals surface area contributed by atoms with Crippen molar-refractivity contribution in [1.29, 1.82) is 0 Å². The molecular formula is C12H14ClNO3S. The molecule has 1 aliphatic rings. The molecule has 2 rings (SSSR count). The Morgan fingerprint density at radius 3 is 2.61 bits per heavy atom. The number of hydrogen-bond acceptors (Lipinski definition) is 4. The van der Waals surface area contributed by atoms with Gasteiger partial charge in [-0.3, -0.25) is 9.59 Å². The van der Waals surface area contributed by atoms with E-state index in [0.717, 1.165) is 0 Å². The average molecular weight is 288 g/mol. The van der Waals surface area contributed by atoms with Crippen molar-refractivity contribution in [3.8, 4) is 0 Å². The molecule has 0 aliphatic carbocycles. The third-order valence-corrected chi connectivity index (χ3v) is 4.46. The first-order chi connectivity index (χ1) is 8.63. The van der Waals surface area contributed by atoms with E-state index in [-0.39, 0.29) is 17.8 Å². The van der Waals surface area contributed by atoms with E-state index in [4.69, 9.17) is 16.3 Å². The van der Waals surface area contributed by atoms with Crippen molar-refractivity contribution in [2.45, 2.75) is 12.8 Å². The molecule has 0 bridgehead atoms. The maximum absolute atomic E-state index is 12.2. The third-order valence-electron chi connectivity index (χ3n) is 3.13. The summed E-state index contributed by atoms with van der Waals surface area (Å²) in [5.41, 5.74) is 0. The van der Waals surface area contributed by atoms with Gasteiger partial charge in [-0.25, -0.2) is 0 Å². The Bertz CT molecular complexity index is 452. The largest absolute Gasteiger partial charge is 0.469 e. The predicted molar refractivity (Wildman–Crippen MR) is 70.0 cm³/mol. The minimum absolute atomic E-state index is 0.0432. The van der Waals surface area contributed by atoms with Gasteiger partial charge >= 0.3 is 5.97 Å². The van der Waals surface area contributed by atoms with Crippen LogP contribution in [0.15, 0.2) is 11.4 Å². The van der Waals surface area contributed by atoms with E-state index in [0.29, 0.717) is 35.8 Å². The first kappa shape index (κ1) is 13.4. The lowest BCUT2D eigenvalue weighted by atomic mass is 9.97. The molecule has 0 radical (unpaired) electrons. The van der Waals surface area contributed by atoms with Crippen molar-refractivity contribution >= 4 is 34.8 Å². The van der Waals surface area contributed by atoms with Crippen LogP contribution in [0.4, 0.5) is 0 Å². The molecule has 4 nitrogen and oxygen atoms in total. The van der Waals surface area contributed by atoms with Gasteiger partial charge in [-0.15, -0.1) is 11.3 Å². The zero-order valence-electron chi connectivity index (χ0n) is 10.0. The molecular weight excluding hydrogens is 274 g/mol. The highest BCUT2D eigenvalue weighted by molar-refractivity contribution is 7.12. The predicted octanol–water partition coefficient (Wildman–Crippen LogP) is 2.43. The molecule has 1 aromatic heterocycles. The molecule has 0 unspecified atom stereocenters. The summed E-state index contributed by atoms with van der Waals surface area (Å²) >= 11 is 7.29. The summed E-state index contributed by atoms with van der Waals surface area (Å²) in [5.74, 6) is -0.313. The van der Waals surface area contributed by atoms with Crippen molar-refractivity contribution in [3.05, 3.63) is 21.3 Å². The number of carbonyl (C=O) groups excluding carboxylic acids is 2. The molecule has 0 N–H and O–H groups in total. The van der Waals surface area contributed by atoms with Gasteiger partial charge in [0.2, 0.25) is 0 Å². The van der Waals surface area contributed by atoms with Crippen LogP contribution in [-0.2, 0) is 9.53 Å². The van der Waals surface area contributed by atoms with Crippen molar-refractivity contribution in [2.75, 3.05) is 20.2 Å². The number of hydrogen-bond donors (Lipinski definition) is 0. The first-order valence-electron chi connectivity index (χ1n) is 5.73. The Kier molecular flexibility index (Phi) is 4.24. The highest BCUT2D eigenvalue weighted by Gasteiger charge is 2.29. The van der Waals surface area contributed by atoms with Gasteiger partial charge in [0.25, 0.3) is 5.91 Å². The summed E-state index contributed by atoms with van der Waals surface area (Å²) < 4.78 is 4.72. The van der Waals surface area contributed by atoms with Crippen LogP contribution in [0, 0.1) is 5.92 Å². The Labute approximate surface area is 114 Å². The molecule has 1 fully saturated rings. The number of amides is 1. The van der Waals surface area contributed by atoms with Crippen LogP contribution in [0.25, 0.3) is 0 Å². The molecule has 0 saturated carbocycles. The van der Waals surface area contributed by atoms with Gasteiger partial charge < -0.3 is 9.64 Å². The topological polar surface area (TPSA) is 46.6 Å². The lowest BCUT2D eigenvalue weighted by Crippen LogP contribution is -2.40. The van der Waals surface area contributed by atoms with Crippen LogP contribution in [-0.4, -0.2) is 37.0 Å². The average Bonchev–Trinajstić information content (AvgIpc) is 2.83. The highest BCUT2D eigenvalue weighted by Crippen LogP contribution is 2.26. The minimum atomic E-state index is -0.184. The van der Waals surface area contributed by atoms with Gasteiger partial charge in [0.15, 0.2) is 0 Å². The highest BCUT2D eigenvalue weighted by atomic mass is 35.5. The number of esters is 1. The quantitative estimate of drug-likeness (QED) is 0.785. The molecule has 18 heavy (non-hydrogen) atoms. The Hall–Kier alpha value is -1.07. The van der Waals surface area contributed by atoms with E-state index in [1.807, 2.05) is 0 Å². The second kappa shape index (κ2) is 5.71. The number of ether oxygens (including phenoxy) is 1. The lowest BCUT2D eigenvalue weighted by molar-refractivity contribution is -0.146. The van der Waals surface area contributed by atoms with Crippen LogP contribution in [0.3, 0.4) is 0 Å². The van der Waals surface area contributed by atoms with E-state index >= 15 is 0 Å². The maximum atomic E-state index is 12.2. The van der Waals surface area contributed by atoms with E-state index in [1.54, 1.807) is 16.3 Å². The van der Waals surface area contributed by atoms with Gasteiger partial charge in [-0.1, -0.05) is 11.6 Å². The summed E-state index contributed by atoms with van der Waals surface area (Å²) in [6, 6.07) is 1.72. The number of thiophene rings is 1. The number of methoxy groups -OCH3 is 1. The minimum Gasteiger partial charge on any atom is -0.469 e. The Morgan fingerprint density at radius 1 is 1.44 bits per heavy atom. The van der Waals surface area contributed by atoms with Crippen molar-refractivity contribution < 1.29 is 14.3 Å². The summed E-state index contributed by atoms with van der Waals surface area (Å²) in [7, 11) is 1.39. The first-order valence-corrected chi connectivity index (χ1v) is 6.99. The number of carbonyl (C=O) groups is 2. The number of rotatable bonds is 2. The number of likely N-dealkylation sites (tertiary alicyclic amines) is 1. The third kappa shape index (κ3) is 2.67. The van der Waals surface area contributed by atoms with Gasteiger partial charge in [0.1, 0.15) is 4.88 Å². The standard InChI is InChI=1S/C12H14ClNO3S/c1-17-12(16)8-2-5-14(6-3-8)11(15)10-9(13)4-7-18-10/h4,7-8H,2-3,5-6H2,1H3.